The number of hydrogen-bond donors (Lipinski definition) is 0. The van der Waals surface area contributed by atoms with E-state index in [4.69, 9.17) is 18.9 Å². The van der Waals surface area contributed by atoms with Crippen molar-refractivity contribution in [1.82, 2.24) is 4.98 Å². The highest BCUT2D eigenvalue weighted by Gasteiger charge is 2.13. The number of carbonyl (C=O) groups is 1. The average molecular weight is 536 g/mol. The molecule has 0 saturated heterocycles. The van der Waals surface area contributed by atoms with Gasteiger partial charge in [0.15, 0.2) is 6.61 Å². The van der Waals surface area contributed by atoms with Gasteiger partial charge >= 0.3 is 5.97 Å². The van der Waals surface area contributed by atoms with Crippen molar-refractivity contribution in [1.29, 1.82) is 0 Å². The number of benzene rings is 3. The summed E-state index contributed by atoms with van der Waals surface area (Å²) < 4.78 is 23.5. The van der Waals surface area contributed by atoms with Gasteiger partial charge in [-0.25, -0.2) is 9.78 Å². The van der Waals surface area contributed by atoms with Crippen molar-refractivity contribution < 1.29 is 23.7 Å². The number of fused-ring (bicyclic) bond motifs is 1. The van der Waals surface area contributed by atoms with E-state index in [-0.39, 0.29) is 13.2 Å². The number of nitrogens with zero attached hydrogens (tertiary/aromatic N) is 1. The van der Waals surface area contributed by atoms with Gasteiger partial charge in [-0.3, -0.25) is 0 Å². The van der Waals surface area contributed by atoms with Gasteiger partial charge in [0.1, 0.15) is 34.9 Å². The Morgan fingerprint density at radius 2 is 1.60 bits per heavy atom. The normalized spacial score (nSPS) is 10.7. The second kappa shape index (κ2) is 11.7. The van der Waals surface area contributed by atoms with Crippen molar-refractivity contribution in [3.63, 3.8) is 0 Å². The lowest BCUT2D eigenvalue weighted by Gasteiger charge is -2.16. The molecule has 0 N–H and O–H groups in total. The minimum Gasteiger partial charge on any atom is -0.487 e. The van der Waals surface area contributed by atoms with Crippen molar-refractivity contribution in [3.05, 3.63) is 94.1 Å². The van der Waals surface area contributed by atoms with Crippen LogP contribution in [-0.4, -0.2) is 24.2 Å². The van der Waals surface area contributed by atoms with Crippen molar-refractivity contribution in [2.75, 3.05) is 13.2 Å². The first-order valence-electron chi connectivity index (χ1n) is 11.3. The number of aromatic nitrogens is 1. The zero-order valence-corrected chi connectivity index (χ0v) is 21.2. The van der Waals surface area contributed by atoms with Gasteiger partial charge in [0.25, 0.3) is 0 Å². The maximum atomic E-state index is 11.7. The second-order valence-electron chi connectivity index (χ2n) is 7.80. The summed E-state index contributed by atoms with van der Waals surface area (Å²) in [4.78, 5) is 16.4. The molecule has 1 heterocycles. The third-order valence-electron chi connectivity index (χ3n) is 5.28. The molecule has 0 aliphatic heterocycles. The van der Waals surface area contributed by atoms with Crippen LogP contribution in [-0.2, 0) is 22.7 Å². The van der Waals surface area contributed by atoms with Crippen LogP contribution >= 0.6 is 15.9 Å². The predicted molar refractivity (Wildman–Crippen MR) is 138 cm³/mol. The molecule has 6 nitrogen and oxygen atoms in total. The van der Waals surface area contributed by atoms with Gasteiger partial charge in [0.2, 0.25) is 0 Å². The molecular weight excluding hydrogens is 510 g/mol. The van der Waals surface area contributed by atoms with Crippen LogP contribution in [0.4, 0.5) is 0 Å². The van der Waals surface area contributed by atoms with Gasteiger partial charge in [-0.1, -0.05) is 48.5 Å². The maximum Gasteiger partial charge on any atom is 0.344 e. The molecule has 0 fully saturated rings. The molecule has 1 aromatic heterocycles. The second-order valence-corrected chi connectivity index (χ2v) is 8.59. The van der Waals surface area contributed by atoms with E-state index in [1.54, 1.807) is 6.92 Å². The van der Waals surface area contributed by atoms with Crippen LogP contribution in [0.15, 0.2) is 77.3 Å². The van der Waals surface area contributed by atoms with Crippen molar-refractivity contribution >= 4 is 32.8 Å². The van der Waals surface area contributed by atoms with E-state index in [9.17, 15) is 4.79 Å². The van der Waals surface area contributed by atoms with Crippen LogP contribution in [0.2, 0.25) is 0 Å². The molecule has 35 heavy (non-hydrogen) atoms. The van der Waals surface area contributed by atoms with E-state index in [1.165, 1.54) is 0 Å². The number of para-hydroxylation sites is 2. The Bertz CT molecular complexity index is 1320. The third kappa shape index (κ3) is 6.31. The summed E-state index contributed by atoms with van der Waals surface area (Å²) in [5, 5.41) is 1.09. The highest BCUT2D eigenvalue weighted by Crippen LogP contribution is 2.36. The Labute approximate surface area is 212 Å². The maximum absolute atomic E-state index is 11.7. The quantitative estimate of drug-likeness (QED) is 0.219. The van der Waals surface area contributed by atoms with E-state index in [2.05, 4.69) is 20.9 Å². The Balaban J connectivity index is 1.43. The van der Waals surface area contributed by atoms with E-state index in [1.807, 2.05) is 79.7 Å². The first kappa shape index (κ1) is 24.5. The van der Waals surface area contributed by atoms with E-state index in [0.717, 1.165) is 27.7 Å². The van der Waals surface area contributed by atoms with Crippen LogP contribution in [0.25, 0.3) is 10.9 Å². The lowest BCUT2D eigenvalue weighted by molar-refractivity contribution is -0.145. The average Bonchev–Trinajstić information content (AvgIpc) is 2.87. The fraction of sp³-hybridized carbons (Fsp3) is 0.214. The number of ether oxygens (including phenoxy) is 4. The first-order chi connectivity index (χ1) is 17.0. The summed E-state index contributed by atoms with van der Waals surface area (Å²) in [7, 11) is 0. The van der Waals surface area contributed by atoms with Gasteiger partial charge in [-0.15, -0.1) is 0 Å². The summed E-state index contributed by atoms with van der Waals surface area (Å²) in [5.74, 6) is 1.50. The predicted octanol–water partition coefficient (Wildman–Crippen LogP) is 6.41. The molecule has 180 valence electrons. The van der Waals surface area contributed by atoms with Crippen LogP contribution in [0.5, 0.6) is 17.2 Å². The molecule has 0 radical (unpaired) electrons. The lowest BCUT2D eigenvalue weighted by Crippen LogP contribution is -2.16. The van der Waals surface area contributed by atoms with Crippen LogP contribution in [0.1, 0.15) is 23.7 Å². The molecule has 4 rings (SSSR count). The molecule has 7 heteroatoms. The van der Waals surface area contributed by atoms with Crippen LogP contribution in [0.3, 0.4) is 0 Å². The van der Waals surface area contributed by atoms with Gasteiger partial charge in [-0.2, -0.15) is 0 Å². The minimum absolute atomic E-state index is 0.151. The van der Waals surface area contributed by atoms with Gasteiger partial charge in [-0.05, 0) is 59.6 Å². The zero-order valence-electron chi connectivity index (χ0n) is 19.6. The van der Waals surface area contributed by atoms with E-state index >= 15 is 0 Å². The van der Waals surface area contributed by atoms with Crippen molar-refractivity contribution in [2.24, 2.45) is 0 Å². The standard InChI is InChI=1S/C28H26BrNO5/c1-3-32-26(31)18-35-28-19(2)8-6-10-21(28)16-33-24-12-7-13-25(27(24)29)34-17-22-15-14-20-9-4-5-11-23(20)30-22/h4-15H,3,16-18H2,1-2H3. The molecule has 0 atom stereocenters. The summed E-state index contributed by atoms with van der Waals surface area (Å²) in [6.45, 7) is 4.44. The molecular formula is C28H26BrNO5. The van der Waals surface area contributed by atoms with Gasteiger partial charge in [0, 0.05) is 10.9 Å². The topological polar surface area (TPSA) is 66.9 Å². The number of halogens is 1. The highest BCUT2D eigenvalue weighted by atomic mass is 79.9. The monoisotopic (exact) mass is 535 g/mol. The number of hydrogen-bond acceptors (Lipinski definition) is 6. The molecule has 0 aliphatic rings. The smallest absolute Gasteiger partial charge is 0.344 e. The highest BCUT2D eigenvalue weighted by molar-refractivity contribution is 9.10. The lowest BCUT2D eigenvalue weighted by atomic mass is 10.1. The first-order valence-corrected chi connectivity index (χ1v) is 12.1. The number of aryl methyl sites for hydroxylation is 1. The Morgan fingerprint density at radius 1 is 0.857 bits per heavy atom. The molecule has 3 aromatic carbocycles. The van der Waals surface area contributed by atoms with Gasteiger partial charge in [0.05, 0.1) is 17.8 Å². The number of carbonyl (C=O) groups excluding carboxylic acids is 1. The van der Waals surface area contributed by atoms with E-state index in [0.29, 0.717) is 34.9 Å². The number of pyridine rings is 1. The Hall–Kier alpha value is -3.58. The summed E-state index contributed by atoms with van der Waals surface area (Å²) >= 11 is 3.61. The van der Waals surface area contributed by atoms with Crippen molar-refractivity contribution in [3.8, 4) is 17.2 Å². The molecule has 0 aliphatic carbocycles. The SMILES string of the molecule is CCOC(=O)COc1c(C)cccc1COc1cccc(OCc2ccc3ccccc3n2)c1Br. The zero-order chi connectivity index (χ0) is 24.6. The number of esters is 1. The summed E-state index contributed by atoms with van der Waals surface area (Å²) in [6.07, 6.45) is 0. The molecule has 0 bridgehead atoms. The Morgan fingerprint density at radius 3 is 2.40 bits per heavy atom. The molecule has 0 amide bonds. The minimum atomic E-state index is -0.406. The summed E-state index contributed by atoms with van der Waals surface area (Å²) in [6, 6.07) is 23.4. The van der Waals surface area contributed by atoms with E-state index < -0.39 is 5.97 Å². The molecule has 4 aromatic rings. The fourth-order valence-electron chi connectivity index (χ4n) is 3.58. The number of rotatable bonds is 10. The molecule has 0 spiro atoms. The van der Waals surface area contributed by atoms with Crippen LogP contribution < -0.4 is 14.2 Å². The largest absolute Gasteiger partial charge is 0.487 e. The summed E-state index contributed by atoms with van der Waals surface area (Å²) in [5.41, 5.74) is 3.51. The molecule has 0 unspecified atom stereocenters. The third-order valence-corrected chi connectivity index (χ3v) is 6.06. The van der Waals surface area contributed by atoms with Gasteiger partial charge < -0.3 is 18.9 Å². The molecule has 0 saturated carbocycles. The van der Waals surface area contributed by atoms with Crippen molar-refractivity contribution in [2.45, 2.75) is 27.1 Å². The Kier molecular flexibility index (Phi) is 8.21. The fourth-order valence-corrected chi connectivity index (χ4v) is 4.07. The van der Waals surface area contributed by atoms with Crippen LogP contribution in [0, 0.1) is 6.92 Å².